The molecule has 2 amide bonds. The van der Waals surface area contributed by atoms with Gasteiger partial charge in [0.1, 0.15) is 5.75 Å². The van der Waals surface area contributed by atoms with Crippen molar-refractivity contribution in [3.8, 4) is 5.75 Å². The van der Waals surface area contributed by atoms with Crippen molar-refractivity contribution in [1.82, 2.24) is 9.80 Å². The highest BCUT2D eigenvalue weighted by Crippen LogP contribution is 2.20. The highest BCUT2D eigenvalue weighted by Gasteiger charge is 2.25. The lowest BCUT2D eigenvalue weighted by Gasteiger charge is -2.35. The predicted octanol–water partition coefficient (Wildman–Crippen LogP) is 2.00. The van der Waals surface area contributed by atoms with Crippen LogP contribution in [0.1, 0.15) is 23.2 Å². The molecule has 1 aromatic carbocycles. The molecule has 6 heteroatoms. The first-order valence-corrected chi connectivity index (χ1v) is 7.97. The van der Waals surface area contributed by atoms with E-state index < -0.39 is 0 Å². The van der Waals surface area contributed by atoms with Crippen molar-refractivity contribution in [3.05, 3.63) is 29.8 Å². The van der Waals surface area contributed by atoms with Gasteiger partial charge in [-0.2, -0.15) is 0 Å². The first kappa shape index (κ1) is 16.6. The monoisotopic (exact) mass is 324 g/mol. The minimum atomic E-state index is -0.0506. The molecule has 1 saturated heterocycles. The summed E-state index contributed by atoms with van der Waals surface area (Å²) < 4.78 is 5.24. The Kier molecular flexibility index (Phi) is 6.07. The Morgan fingerprint density at radius 2 is 1.77 bits per heavy atom. The third-order valence-electron chi connectivity index (χ3n) is 3.78. The summed E-state index contributed by atoms with van der Waals surface area (Å²) in [7, 11) is 1.56. The number of ether oxygens (including phenoxy) is 1. The molecule has 120 valence electrons. The molecule has 22 heavy (non-hydrogen) atoms. The van der Waals surface area contributed by atoms with E-state index in [-0.39, 0.29) is 11.8 Å². The Bertz CT molecular complexity index is 528. The summed E-state index contributed by atoms with van der Waals surface area (Å²) in [5, 5.41) is 0. The van der Waals surface area contributed by atoms with Crippen LogP contribution in [0.15, 0.2) is 24.3 Å². The molecule has 0 atom stereocenters. The molecule has 0 spiro atoms. The molecule has 2 rings (SSSR count). The van der Waals surface area contributed by atoms with E-state index in [0.717, 1.165) is 0 Å². The van der Waals surface area contributed by atoms with Gasteiger partial charge in [0.25, 0.3) is 5.91 Å². The average molecular weight is 325 g/mol. The third kappa shape index (κ3) is 3.91. The van der Waals surface area contributed by atoms with E-state index in [1.165, 1.54) is 0 Å². The quantitative estimate of drug-likeness (QED) is 0.778. The lowest BCUT2D eigenvalue weighted by molar-refractivity contribution is -0.132. The van der Waals surface area contributed by atoms with Gasteiger partial charge in [0.05, 0.1) is 12.7 Å². The Labute approximate surface area is 135 Å². The van der Waals surface area contributed by atoms with E-state index in [2.05, 4.69) is 0 Å². The third-order valence-corrected chi connectivity index (χ3v) is 4.05. The molecule has 0 unspecified atom stereocenters. The van der Waals surface area contributed by atoms with Gasteiger partial charge in [-0.1, -0.05) is 12.1 Å². The molecular weight excluding hydrogens is 304 g/mol. The van der Waals surface area contributed by atoms with E-state index >= 15 is 0 Å². The zero-order valence-electron chi connectivity index (χ0n) is 12.8. The van der Waals surface area contributed by atoms with Gasteiger partial charge < -0.3 is 14.5 Å². The number of carbonyl (C=O) groups is 2. The summed E-state index contributed by atoms with van der Waals surface area (Å²) in [6.07, 6.45) is 1.17. The summed E-state index contributed by atoms with van der Waals surface area (Å²) in [6, 6.07) is 7.20. The van der Waals surface area contributed by atoms with Crippen LogP contribution in [0.25, 0.3) is 0 Å². The number of benzene rings is 1. The maximum absolute atomic E-state index is 12.6. The predicted molar refractivity (Wildman–Crippen MR) is 85.4 cm³/mol. The van der Waals surface area contributed by atoms with Crippen LogP contribution in [0.3, 0.4) is 0 Å². The lowest BCUT2D eigenvalue weighted by Crippen LogP contribution is -2.50. The normalized spacial score (nSPS) is 14.8. The zero-order chi connectivity index (χ0) is 15.9. The van der Waals surface area contributed by atoms with Gasteiger partial charge in [0.15, 0.2) is 0 Å². The number of halogens is 1. The van der Waals surface area contributed by atoms with Gasteiger partial charge in [-0.3, -0.25) is 9.59 Å². The van der Waals surface area contributed by atoms with Gasteiger partial charge >= 0.3 is 0 Å². The minimum absolute atomic E-state index is 0.0506. The number of amides is 2. The van der Waals surface area contributed by atoms with Crippen LogP contribution in [0.2, 0.25) is 0 Å². The number of rotatable bonds is 5. The Morgan fingerprint density at radius 1 is 1.14 bits per heavy atom. The van der Waals surface area contributed by atoms with Crippen molar-refractivity contribution in [3.63, 3.8) is 0 Å². The number of carbonyl (C=O) groups excluding carboxylic acids is 2. The molecule has 5 nitrogen and oxygen atoms in total. The number of methoxy groups -OCH3 is 1. The molecule has 1 aromatic rings. The van der Waals surface area contributed by atoms with Gasteiger partial charge in [-0.15, -0.1) is 11.6 Å². The lowest BCUT2D eigenvalue weighted by atomic mass is 10.1. The van der Waals surface area contributed by atoms with Crippen molar-refractivity contribution >= 4 is 23.4 Å². The van der Waals surface area contributed by atoms with Gasteiger partial charge in [0, 0.05) is 38.5 Å². The van der Waals surface area contributed by atoms with Gasteiger partial charge in [-0.05, 0) is 18.6 Å². The van der Waals surface area contributed by atoms with Crippen LogP contribution >= 0.6 is 11.6 Å². The molecule has 0 N–H and O–H groups in total. The zero-order valence-corrected chi connectivity index (χ0v) is 13.5. The second-order valence-electron chi connectivity index (χ2n) is 5.17. The van der Waals surface area contributed by atoms with Crippen molar-refractivity contribution in [2.45, 2.75) is 12.8 Å². The number of hydrogen-bond donors (Lipinski definition) is 0. The Balaban J connectivity index is 1.94. The molecule has 0 saturated carbocycles. The number of alkyl halides is 1. The minimum Gasteiger partial charge on any atom is -0.496 e. The first-order chi connectivity index (χ1) is 10.7. The summed E-state index contributed by atoms with van der Waals surface area (Å²) >= 11 is 5.61. The molecule has 1 aliphatic rings. The fourth-order valence-electron chi connectivity index (χ4n) is 2.53. The van der Waals surface area contributed by atoms with Crippen LogP contribution in [-0.2, 0) is 4.79 Å². The van der Waals surface area contributed by atoms with E-state index in [9.17, 15) is 9.59 Å². The number of hydrogen-bond acceptors (Lipinski definition) is 3. The molecule has 1 heterocycles. The van der Waals surface area contributed by atoms with E-state index in [1.54, 1.807) is 29.0 Å². The summed E-state index contributed by atoms with van der Waals surface area (Å²) in [4.78, 5) is 28.1. The molecule has 0 aromatic heterocycles. The fraction of sp³-hybridized carbons (Fsp3) is 0.500. The number of para-hydroxylation sites is 1. The van der Waals surface area contributed by atoms with Gasteiger partial charge in [-0.25, -0.2) is 0 Å². The Hall–Kier alpha value is -1.75. The van der Waals surface area contributed by atoms with E-state index in [0.29, 0.717) is 56.2 Å². The topological polar surface area (TPSA) is 49.9 Å². The van der Waals surface area contributed by atoms with Crippen LogP contribution in [0, 0.1) is 0 Å². The molecular formula is C16H21ClN2O3. The molecule has 1 aliphatic heterocycles. The van der Waals surface area contributed by atoms with Crippen LogP contribution in [0.4, 0.5) is 0 Å². The maximum atomic E-state index is 12.6. The number of nitrogens with zero attached hydrogens (tertiary/aromatic N) is 2. The first-order valence-electron chi connectivity index (χ1n) is 7.43. The smallest absolute Gasteiger partial charge is 0.257 e. The highest BCUT2D eigenvalue weighted by molar-refractivity contribution is 6.17. The van der Waals surface area contributed by atoms with Crippen molar-refractivity contribution in [1.29, 1.82) is 0 Å². The van der Waals surface area contributed by atoms with E-state index in [1.807, 2.05) is 12.1 Å². The Morgan fingerprint density at radius 3 is 2.41 bits per heavy atom. The van der Waals surface area contributed by atoms with E-state index in [4.69, 9.17) is 16.3 Å². The van der Waals surface area contributed by atoms with Crippen LogP contribution < -0.4 is 4.74 Å². The van der Waals surface area contributed by atoms with Crippen molar-refractivity contribution in [2.75, 3.05) is 39.2 Å². The van der Waals surface area contributed by atoms with Crippen LogP contribution in [-0.4, -0.2) is 60.8 Å². The average Bonchev–Trinajstić information content (AvgIpc) is 2.59. The largest absolute Gasteiger partial charge is 0.496 e. The second-order valence-corrected chi connectivity index (χ2v) is 5.54. The summed E-state index contributed by atoms with van der Waals surface area (Å²) in [6.45, 7) is 2.23. The highest BCUT2D eigenvalue weighted by atomic mass is 35.5. The van der Waals surface area contributed by atoms with Crippen molar-refractivity contribution < 1.29 is 14.3 Å². The molecule has 0 radical (unpaired) electrons. The second kappa shape index (κ2) is 8.03. The molecule has 1 fully saturated rings. The SMILES string of the molecule is COc1ccccc1C(=O)N1CCN(C(=O)CCCCl)CC1. The fourth-order valence-corrected chi connectivity index (χ4v) is 2.66. The van der Waals surface area contributed by atoms with Gasteiger partial charge in [0.2, 0.25) is 5.91 Å². The summed E-state index contributed by atoms with van der Waals surface area (Å²) in [5.74, 6) is 1.14. The van der Waals surface area contributed by atoms with Crippen molar-refractivity contribution in [2.24, 2.45) is 0 Å². The summed E-state index contributed by atoms with van der Waals surface area (Å²) in [5.41, 5.74) is 0.562. The molecule has 0 bridgehead atoms. The maximum Gasteiger partial charge on any atom is 0.257 e. The van der Waals surface area contributed by atoms with Crippen LogP contribution in [0.5, 0.6) is 5.75 Å². The molecule has 0 aliphatic carbocycles. The standard InChI is InChI=1S/C16H21ClN2O3/c1-22-14-6-3-2-5-13(14)16(21)19-11-9-18(10-12-19)15(20)7-4-8-17/h2-3,5-6H,4,7-12H2,1H3. The number of piperazine rings is 1.